The van der Waals surface area contributed by atoms with Crippen LogP contribution in [0.3, 0.4) is 0 Å². The quantitative estimate of drug-likeness (QED) is 0.730. The van der Waals surface area contributed by atoms with E-state index in [1.54, 1.807) is 12.0 Å². The number of ether oxygens (including phenoxy) is 1. The lowest BCUT2D eigenvalue weighted by molar-refractivity contribution is -0.133. The molecule has 0 radical (unpaired) electrons. The van der Waals surface area contributed by atoms with Crippen LogP contribution in [-0.2, 0) is 31.5 Å². The molecule has 7 heteroatoms. The molecule has 6 nitrogen and oxygen atoms in total. The monoisotopic (exact) mass is 355 g/mol. The fourth-order valence-electron chi connectivity index (χ4n) is 2.65. The summed E-state index contributed by atoms with van der Waals surface area (Å²) >= 11 is 0. The Kier molecular flexibility index (Phi) is 8.07. The van der Waals surface area contributed by atoms with E-state index in [1.165, 1.54) is 0 Å². The minimum absolute atomic E-state index is 0.254. The van der Waals surface area contributed by atoms with E-state index in [4.69, 9.17) is 9.84 Å². The first-order valence-corrected chi connectivity index (χ1v) is 9.26. The lowest BCUT2D eigenvalue weighted by atomic mass is 10.0. The molecule has 24 heavy (non-hydrogen) atoms. The molecule has 1 aromatic rings. The van der Waals surface area contributed by atoms with Crippen molar-refractivity contribution in [2.75, 3.05) is 30.1 Å². The van der Waals surface area contributed by atoms with Crippen LogP contribution in [0.2, 0.25) is 0 Å². The molecule has 0 aromatic heterocycles. The van der Waals surface area contributed by atoms with Gasteiger partial charge in [-0.1, -0.05) is 25.1 Å². The predicted molar refractivity (Wildman–Crippen MR) is 94.9 cm³/mol. The molecule has 1 N–H and O–H groups in total. The number of para-hydroxylation sites is 1. The third kappa shape index (κ3) is 5.42. The molecule has 2 atom stereocenters. The number of rotatable bonds is 9. The topological polar surface area (TPSA) is 83.9 Å². The summed E-state index contributed by atoms with van der Waals surface area (Å²) in [6.07, 6.45) is 0.749. The van der Waals surface area contributed by atoms with Crippen molar-refractivity contribution >= 4 is 28.4 Å². The molecule has 0 aliphatic carbocycles. The fourth-order valence-corrected chi connectivity index (χ4v) is 3.44. The Morgan fingerprint density at radius 3 is 2.54 bits per heavy atom. The van der Waals surface area contributed by atoms with Crippen LogP contribution in [0.4, 0.5) is 5.69 Å². The molecule has 0 heterocycles. The van der Waals surface area contributed by atoms with E-state index < -0.39 is 22.5 Å². The third-order valence-electron chi connectivity index (χ3n) is 3.63. The molecule has 0 aliphatic rings. The first kappa shape index (κ1) is 20.3. The third-order valence-corrected chi connectivity index (χ3v) is 4.77. The Hall–Kier alpha value is -1.73. The van der Waals surface area contributed by atoms with Gasteiger partial charge in [-0.15, -0.1) is 0 Å². The average molecular weight is 355 g/mol. The van der Waals surface area contributed by atoms with E-state index in [-0.39, 0.29) is 17.7 Å². The minimum atomic E-state index is -1.74. The van der Waals surface area contributed by atoms with Gasteiger partial charge in [0.2, 0.25) is 5.91 Å². The van der Waals surface area contributed by atoms with E-state index in [9.17, 15) is 13.8 Å². The number of carboxylic acids is 1. The minimum Gasteiger partial charge on any atom is -0.481 e. The summed E-state index contributed by atoms with van der Waals surface area (Å²) in [5.74, 6) is -2.39. The highest BCUT2D eigenvalue weighted by atomic mass is 32.2. The van der Waals surface area contributed by atoms with Gasteiger partial charge in [-0.3, -0.25) is 13.8 Å². The fraction of sp³-hybridized carbons (Fsp3) is 0.529. The molecular formula is C17H25NO5S. The van der Waals surface area contributed by atoms with Crippen LogP contribution < -0.4 is 4.90 Å². The van der Waals surface area contributed by atoms with Crippen molar-refractivity contribution in [2.24, 2.45) is 0 Å². The molecule has 0 aliphatic heterocycles. The number of carboxylic acid groups (broad SMARTS) is 1. The Morgan fingerprint density at radius 2 is 2.00 bits per heavy atom. The van der Waals surface area contributed by atoms with E-state index in [0.717, 1.165) is 23.2 Å². The lowest BCUT2D eigenvalue weighted by Gasteiger charge is -2.32. The highest BCUT2D eigenvalue weighted by molar-refractivity contribution is 7.86. The Balaban J connectivity index is 3.20. The summed E-state index contributed by atoms with van der Waals surface area (Å²) in [5.41, 5.74) is 2.74. The van der Waals surface area contributed by atoms with Gasteiger partial charge < -0.3 is 14.7 Å². The Labute approximate surface area is 145 Å². The summed E-state index contributed by atoms with van der Waals surface area (Å²) in [5, 5.41) is 8.73. The largest absolute Gasteiger partial charge is 0.481 e. The summed E-state index contributed by atoms with van der Waals surface area (Å²) in [6, 6.07) is 5.55. The molecule has 0 fully saturated rings. The van der Waals surface area contributed by atoms with Gasteiger partial charge >= 0.3 is 5.97 Å². The highest BCUT2D eigenvalue weighted by Gasteiger charge is 2.27. The predicted octanol–water partition coefficient (Wildman–Crippen LogP) is 1.76. The molecule has 1 rings (SSSR count). The summed E-state index contributed by atoms with van der Waals surface area (Å²) in [7, 11) is -0.186. The van der Waals surface area contributed by atoms with E-state index in [0.29, 0.717) is 6.61 Å². The van der Waals surface area contributed by atoms with Crippen molar-refractivity contribution in [3.8, 4) is 0 Å². The number of hydrogen-bond donors (Lipinski definition) is 1. The lowest BCUT2D eigenvalue weighted by Crippen LogP contribution is -2.44. The zero-order chi connectivity index (χ0) is 18.3. The van der Waals surface area contributed by atoms with Crippen LogP contribution in [0.1, 0.15) is 25.0 Å². The number of anilines is 1. The van der Waals surface area contributed by atoms with E-state index >= 15 is 0 Å². The van der Waals surface area contributed by atoms with Crippen molar-refractivity contribution in [2.45, 2.75) is 33.2 Å². The number of amides is 1. The maximum atomic E-state index is 12.8. The maximum absolute atomic E-state index is 12.8. The van der Waals surface area contributed by atoms with Crippen molar-refractivity contribution in [1.82, 2.24) is 0 Å². The molecule has 134 valence electrons. The average Bonchev–Trinajstić information content (AvgIpc) is 2.48. The second-order valence-corrected chi connectivity index (χ2v) is 7.08. The second kappa shape index (κ2) is 9.54. The SMILES string of the molecule is CCc1cccc(C)c1N(C(=O)CS(=O)CC(=O)O)[C@@H](C)COC. The summed E-state index contributed by atoms with van der Waals surface area (Å²) < 4.78 is 17.0. The number of benzene rings is 1. The van der Waals surface area contributed by atoms with Crippen LogP contribution >= 0.6 is 0 Å². The van der Waals surface area contributed by atoms with Gasteiger partial charge in [0, 0.05) is 17.9 Å². The van der Waals surface area contributed by atoms with Gasteiger partial charge in [0.15, 0.2) is 0 Å². The van der Waals surface area contributed by atoms with Gasteiger partial charge in [0.25, 0.3) is 0 Å². The van der Waals surface area contributed by atoms with Crippen molar-refractivity contribution < 1.29 is 23.6 Å². The molecule has 0 saturated heterocycles. The molecule has 0 saturated carbocycles. The number of hydrogen-bond acceptors (Lipinski definition) is 4. The number of nitrogens with zero attached hydrogens (tertiary/aromatic N) is 1. The molecule has 0 spiro atoms. The van der Waals surface area contributed by atoms with Crippen LogP contribution in [0.25, 0.3) is 0 Å². The summed E-state index contributed by atoms with van der Waals surface area (Å²) in [4.78, 5) is 25.0. The Morgan fingerprint density at radius 1 is 1.33 bits per heavy atom. The zero-order valence-corrected chi connectivity index (χ0v) is 15.4. The Bertz CT molecular complexity index is 617. The van der Waals surface area contributed by atoms with Gasteiger partial charge in [-0.05, 0) is 31.4 Å². The van der Waals surface area contributed by atoms with Crippen LogP contribution in [-0.4, -0.2) is 52.5 Å². The number of carbonyl (C=O) groups excluding carboxylic acids is 1. The first-order valence-electron chi connectivity index (χ1n) is 7.78. The number of aryl methyl sites for hydroxylation is 2. The zero-order valence-electron chi connectivity index (χ0n) is 14.6. The van der Waals surface area contributed by atoms with E-state index in [2.05, 4.69) is 0 Å². The standard InChI is InChI=1S/C17H25NO5S/c1-5-14-8-6-7-12(2)17(14)18(13(3)9-23-4)15(19)10-24(22)11-16(20)21/h6-8,13H,5,9-11H2,1-4H3,(H,20,21)/t13-,24?/m0/s1. The second-order valence-electron chi connectivity index (χ2n) is 5.63. The molecule has 1 unspecified atom stereocenters. The highest BCUT2D eigenvalue weighted by Crippen LogP contribution is 2.28. The van der Waals surface area contributed by atoms with Crippen LogP contribution in [0, 0.1) is 6.92 Å². The maximum Gasteiger partial charge on any atom is 0.316 e. The molecular weight excluding hydrogens is 330 g/mol. The van der Waals surface area contributed by atoms with Gasteiger partial charge in [-0.2, -0.15) is 0 Å². The van der Waals surface area contributed by atoms with Crippen LogP contribution in [0.5, 0.6) is 0 Å². The normalized spacial score (nSPS) is 13.3. The molecule has 1 aromatic carbocycles. The van der Waals surface area contributed by atoms with Crippen LogP contribution in [0.15, 0.2) is 18.2 Å². The van der Waals surface area contributed by atoms with Crippen molar-refractivity contribution in [1.29, 1.82) is 0 Å². The van der Waals surface area contributed by atoms with Gasteiger partial charge in [0.05, 0.1) is 18.3 Å². The summed E-state index contributed by atoms with van der Waals surface area (Å²) in [6.45, 7) is 6.11. The number of aliphatic carboxylic acids is 1. The van der Waals surface area contributed by atoms with Crippen molar-refractivity contribution in [3.05, 3.63) is 29.3 Å². The van der Waals surface area contributed by atoms with Crippen molar-refractivity contribution in [3.63, 3.8) is 0 Å². The van der Waals surface area contributed by atoms with E-state index in [1.807, 2.05) is 39.0 Å². The number of methoxy groups -OCH3 is 1. The number of carbonyl (C=O) groups is 2. The van der Waals surface area contributed by atoms with Gasteiger partial charge in [-0.25, -0.2) is 0 Å². The smallest absolute Gasteiger partial charge is 0.316 e. The van der Waals surface area contributed by atoms with Gasteiger partial charge in [0.1, 0.15) is 11.5 Å². The molecule has 0 bridgehead atoms. The molecule has 1 amide bonds. The first-order chi connectivity index (χ1) is 11.3.